The zero-order valence-electron chi connectivity index (χ0n) is 19.1. The predicted molar refractivity (Wildman–Crippen MR) is 135 cm³/mol. The largest absolute Gasteiger partial charge is 0.370 e. The number of rotatable bonds is 5. The first kappa shape index (κ1) is 21.0. The van der Waals surface area contributed by atoms with Gasteiger partial charge in [0.05, 0.1) is 0 Å². The van der Waals surface area contributed by atoms with Crippen LogP contribution >= 0.6 is 0 Å². The standard InChI is InChI=1S/C29H33N3/c1-30-23-25-12-5-6-13-26(25)27(28-14-7-8-16-29(28)30)15-9-17-31-18-20-32(21-19-31)22-24-10-3-2-4-11-24/h2-8,10-16H,9,17-23H2,1H3/b27-15+. The molecule has 3 nitrogen and oxygen atoms in total. The molecule has 2 aliphatic heterocycles. The van der Waals surface area contributed by atoms with Gasteiger partial charge in [0.1, 0.15) is 0 Å². The fraction of sp³-hybridized carbons (Fsp3) is 0.310. The Hall–Kier alpha value is -2.88. The van der Waals surface area contributed by atoms with Gasteiger partial charge in [0, 0.05) is 64.1 Å². The van der Waals surface area contributed by atoms with Crippen molar-refractivity contribution in [2.24, 2.45) is 0 Å². The maximum absolute atomic E-state index is 2.62. The molecule has 0 atom stereocenters. The van der Waals surface area contributed by atoms with Crippen molar-refractivity contribution in [1.82, 2.24) is 9.80 Å². The zero-order valence-corrected chi connectivity index (χ0v) is 19.1. The highest BCUT2D eigenvalue weighted by Gasteiger charge is 2.21. The van der Waals surface area contributed by atoms with E-state index in [2.05, 4.69) is 107 Å². The minimum Gasteiger partial charge on any atom is -0.370 e. The van der Waals surface area contributed by atoms with Crippen LogP contribution in [0.15, 0.2) is 84.9 Å². The van der Waals surface area contributed by atoms with Crippen LogP contribution in [0.2, 0.25) is 0 Å². The van der Waals surface area contributed by atoms with Crippen LogP contribution in [0.25, 0.3) is 5.57 Å². The molecule has 2 heterocycles. The molecule has 3 heteroatoms. The average Bonchev–Trinajstić information content (AvgIpc) is 2.95. The number of nitrogens with zero attached hydrogens (tertiary/aromatic N) is 3. The summed E-state index contributed by atoms with van der Waals surface area (Å²) in [5, 5.41) is 0. The quantitative estimate of drug-likeness (QED) is 0.553. The molecular weight excluding hydrogens is 390 g/mol. The Morgan fingerprint density at radius 1 is 0.719 bits per heavy atom. The van der Waals surface area contributed by atoms with Crippen molar-refractivity contribution < 1.29 is 0 Å². The van der Waals surface area contributed by atoms with Crippen LogP contribution in [-0.4, -0.2) is 49.6 Å². The lowest BCUT2D eigenvalue weighted by Gasteiger charge is -2.34. The van der Waals surface area contributed by atoms with Gasteiger partial charge in [-0.1, -0.05) is 78.9 Å². The van der Waals surface area contributed by atoms with Crippen LogP contribution < -0.4 is 4.90 Å². The normalized spacial score (nSPS) is 18.3. The maximum Gasteiger partial charge on any atom is 0.0446 e. The van der Waals surface area contributed by atoms with Gasteiger partial charge < -0.3 is 9.80 Å². The summed E-state index contributed by atoms with van der Waals surface area (Å²) in [6.07, 6.45) is 3.56. The van der Waals surface area contributed by atoms with Crippen LogP contribution in [-0.2, 0) is 13.1 Å². The predicted octanol–water partition coefficient (Wildman–Crippen LogP) is 5.28. The minimum absolute atomic E-state index is 0.952. The summed E-state index contributed by atoms with van der Waals surface area (Å²) in [6, 6.07) is 28.6. The molecule has 0 N–H and O–H groups in total. The summed E-state index contributed by atoms with van der Waals surface area (Å²) in [5.74, 6) is 0. The fourth-order valence-electron chi connectivity index (χ4n) is 5.06. The second-order valence-electron chi connectivity index (χ2n) is 9.04. The second kappa shape index (κ2) is 9.72. The van der Waals surface area contributed by atoms with Crippen LogP contribution in [0.3, 0.4) is 0 Å². The van der Waals surface area contributed by atoms with E-state index in [1.54, 1.807) is 0 Å². The molecule has 0 aromatic heterocycles. The third kappa shape index (κ3) is 4.64. The second-order valence-corrected chi connectivity index (χ2v) is 9.04. The number of benzene rings is 3. The molecule has 0 radical (unpaired) electrons. The summed E-state index contributed by atoms with van der Waals surface area (Å²) >= 11 is 0. The molecule has 3 aromatic carbocycles. The Kier molecular flexibility index (Phi) is 6.38. The maximum atomic E-state index is 2.62. The zero-order chi connectivity index (χ0) is 21.8. The molecule has 1 saturated heterocycles. The van der Waals surface area contributed by atoms with Crippen LogP contribution in [0.1, 0.15) is 28.7 Å². The lowest BCUT2D eigenvalue weighted by Crippen LogP contribution is -2.46. The van der Waals surface area contributed by atoms with Gasteiger partial charge in [-0.15, -0.1) is 0 Å². The molecule has 164 valence electrons. The molecule has 0 saturated carbocycles. The first-order valence-electron chi connectivity index (χ1n) is 11.9. The molecule has 0 bridgehead atoms. The van der Waals surface area contributed by atoms with Gasteiger partial charge in [0.2, 0.25) is 0 Å². The summed E-state index contributed by atoms with van der Waals surface area (Å²) in [7, 11) is 2.20. The van der Waals surface area contributed by atoms with Crippen molar-refractivity contribution in [3.8, 4) is 0 Å². The van der Waals surface area contributed by atoms with Crippen LogP contribution in [0.5, 0.6) is 0 Å². The highest BCUT2D eigenvalue weighted by molar-refractivity contribution is 5.89. The SMILES string of the molecule is CN1Cc2ccccc2/C(=C\CCN2CCN(Cc3ccccc3)CC2)c2ccccc21. The molecule has 2 aliphatic rings. The van der Waals surface area contributed by atoms with Gasteiger partial charge in [0.25, 0.3) is 0 Å². The summed E-state index contributed by atoms with van der Waals surface area (Å²) in [6.45, 7) is 7.78. The molecule has 0 amide bonds. The smallest absolute Gasteiger partial charge is 0.0446 e. The Balaban J connectivity index is 1.26. The fourth-order valence-corrected chi connectivity index (χ4v) is 5.06. The number of hydrogen-bond donors (Lipinski definition) is 0. The third-order valence-electron chi connectivity index (χ3n) is 6.83. The highest BCUT2D eigenvalue weighted by atomic mass is 15.3. The average molecular weight is 424 g/mol. The number of piperazine rings is 1. The molecule has 0 spiro atoms. The first-order chi connectivity index (χ1) is 15.8. The van der Waals surface area contributed by atoms with E-state index in [4.69, 9.17) is 0 Å². The molecule has 5 rings (SSSR count). The topological polar surface area (TPSA) is 9.72 Å². The summed E-state index contributed by atoms with van der Waals surface area (Å²) in [4.78, 5) is 7.58. The Morgan fingerprint density at radius 3 is 2.19 bits per heavy atom. The van der Waals surface area contributed by atoms with Crippen molar-refractivity contribution in [1.29, 1.82) is 0 Å². The number of fused-ring (bicyclic) bond motifs is 2. The Labute approximate surface area is 192 Å². The van der Waals surface area contributed by atoms with Crippen LogP contribution in [0, 0.1) is 0 Å². The molecule has 3 aromatic rings. The van der Waals surface area contributed by atoms with Gasteiger partial charge in [-0.2, -0.15) is 0 Å². The lowest BCUT2D eigenvalue weighted by atomic mass is 9.93. The first-order valence-corrected chi connectivity index (χ1v) is 11.9. The van der Waals surface area contributed by atoms with E-state index in [9.17, 15) is 0 Å². The van der Waals surface area contributed by atoms with Crippen molar-refractivity contribution >= 4 is 11.3 Å². The minimum atomic E-state index is 0.952. The van der Waals surface area contributed by atoms with Crippen molar-refractivity contribution in [3.63, 3.8) is 0 Å². The van der Waals surface area contributed by atoms with Crippen LogP contribution in [0.4, 0.5) is 5.69 Å². The van der Waals surface area contributed by atoms with E-state index in [1.165, 1.54) is 33.5 Å². The van der Waals surface area contributed by atoms with Gasteiger partial charge in [-0.3, -0.25) is 4.90 Å². The molecule has 32 heavy (non-hydrogen) atoms. The van der Waals surface area contributed by atoms with Gasteiger partial charge in [-0.05, 0) is 34.8 Å². The highest BCUT2D eigenvalue weighted by Crippen LogP contribution is 2.37. The number of anilines is 1. The van der Waals surface area contributed by atoms with E-state index in [-0.39, 0.29) is 0 Å². The molecular formula is C29H33N3. The molecule has 1 fully saturated rings. The van der Waals surface area contributed by atoms with E-state index < -0.39 is 0 Å². The van der Waals surface area contributed by atoms with Gasteiger partial charge in [0.15, 0.2) is 0 Å². The molecule has 0 aliphatic carbocycles. The van der Waals surface area contributed by atoms with Crippen molar-refractivity contribution in [3.05, 3.63) is 107 Å². The number of hydrogen-bond acceptors (Lipinski definition) is 3. The summed E-state index contributed by atoms with van der Waals surface area (Å²) in [5.41, 5.74) is 8.28. The Morgan fingerprint density at radius 2 is 1.38 bits per heavy atom. The summed E-state index contributed by atoms with van der Waals surface area (Å²) < 4.78 is 0. The monoisotopic (exact) mass is 423 g/mol. The van der Waals surface area contributed by atoms with E-state index in [0.29, 0.717) is 0 Å². The van der Waals surface area contributed by atoms with E-state index in [0.717, 1.165) is 52.2 Å². The Bertz CT molecular complexity index is 1060. The van der Waals surface area contributed by atoms with E-state index >= 15 is 0 Å². The van der Waals surface area contributed by atoms with Gasteiger partial charge >= 0.3 is 0 Å². The lowest BCUT2D eigenvalue weighted by molar-refractivity contribution is 0.129. The van der Waals surface area contributed by atoms with Crippen molar-refractivity contribution in [2.75, 3.05) is 44.7 Å². The third-order valence-corrected chi connectivity index (χ3v) is 6.83. The van der Waals surface area contributed by atoms with Crippen molar-refractivity contribution in [2.45, 2.75) is 19.5 Å². The number of para-hydroxylation sites is 1. The van der Waals surface area contributed by atoms with Gasteiger partial charge in [-0.25, -0.2) is 0 Å². The molecule has 0 unspecified atom stereocenters. The van der Waals surface area contributed by atoms with E-state index in [1.807, 2.05) is 0 Å².